The SMILES string of the molecule is CC(=O)OC[C@H]1O[C@@H](n2c(=S)nc3oc(-c4ccccc4)nn3c2=S)[C@H](OC(C)=O)[C@@H](OC(C)=O)[C@@H]1OC(C)=O. The van der Waals surface area contributed by atoms with Crippen molar-refractivity contribution in [1.82, 2.24) is 19.2 Å². The van der Waals surface area contributed by atoms with Crippen molar-refractivity contribution in [2.75, 3.05) is 6.61 Å². The molecule has 1 aliphatic heterocycles. The lowest BCUT2D eigenvalue weighted by Gasteiger charge is -2.44. The molecule has 2 aromatic heterocycles. The van der Waals surface area contributed by atoms with Crippen molar-refractivity contribution < 1.29 is 47.3 Å². The highest BCUT2D eigenvalue weighted by Gasteiger charge is 2.53. The van der Waals surface area contributed by atoms with Crippen LogP contribution in [0.4, 0.5) is 0 Å². The fraction of sp³-hybridized carbons (Fsp3) is 0.417. The predicted molar refractivity (Wildman–Crippen MR) is 138 cm³/mol. The van der Waals surface area contributed by atoms with Crippen molar-refractivity contribution >= 4 is 54.2 Å². The Morgan fingerprint density at radius 3 is 2.08 bits per heavy atom. The molecule has 0 bridgehead atoms. The van der Waals surface area contributed by atoms with Gasteiger partial charge < -0.3 is 28.1 Å². The minimum Gasteiger partial charge on any atom is -0.463 e. The zero-order valence-corrected chi connectivity index (χ0v) is 23.3. The molecule has 1 aromatic carbocycles. The Bertz CT molecular complexity index is 1570. The Morgan fingerprint density at radius 2 is 1.48 bits per heavy atom. The van der Waals surface area contributed by atoms with E-state index in [-0.39, 0.29) is 21.3 Å². The third kappa shape index (κ3) is 6.24. The minimum absolute atomic E-state index is 0.0178. The van der Waals surface area contributed by atoms with E-state index in [0.29, 0.717) is 5.56 Å². The van der Waals surface area contributed by atoms with E-state index in [9.17, 15) is 19.2 Å². The normalized spacial score (nSPS) is 22.4. The molecule has 0 unspecified atom stereocenters. The number of hydrogen-bond donors (Lipinski definition) is 0. The number of fused-ring (bicyclic) bond motifs is 1. The first-order valence-electron chi connectivity index (χ1n) is 11.8. The lowest BCUT2D eigenvalue weighted by molar-refractivity contribution is -0.269. The summed E-state index contributed by atoms with van der Waals surface area (Å²) in [6.45, 7) is 4.13. The summed E-state index contributed by atoms with van der Waals surface area (Å²) >= 11 is 11.2. The molecule has 1 fully saturated rings. The van der Waals surface area contributed by atoms with E-state index >= 15 is 0 Å². The summed E-state index contributed by atoms with van der Waals surface area (Å²) < 4.78 is 35.6. The quantitative estimate of drug-likeness (QED) is 0.223. The summed E-state index contributed by atoms with van der Waals surface area (Å²) in [6.07, 6.45) is -6.79. The van der Waals surface area contributed by atoms with Gasteiger partial charge >= 0.3 is 29.7 Å². The predicted octanol–water partition coefficient (Wildman–Crippen LogP) is 2.51. The molecule has 212 valence electrons. The van der Waals surface area contributed by atoms with Gasteiger partial charge in [-0.2, -0.15) is 9.50 Å². The van der Waals surface area contributed by atoms with Crippen molar-refractivity contribution in [3.8, 4) is 11.5 Å². The Kier molecular flexibility index (Phi) is 8.70. The van der Waals surface area contributed by atoms with Crippen LogP contribution in [0.15, 0.2) is 34.7 Å². The number of aromatic nitrogens is 4. The molecule has 14 nitrogen and oxygen atoms in total. The number of hydrogen-bond acceptors (Lipinski definition) is 14. The number of rotatable bonds is 7. The Balaban J connectivity index is 1.88. The summed E-state index contributed by atoms with van der Waals surface area (Å²) in [5.74, 6) is -2.77. The van der Waals surface area contributed by atoms with Crippen LogP contribution in [0.3, 0.4) is 0 Å². The summed E-state index contributed by atoms with van der Waals surface area (Å²) in [7, 11) is 0. The first-order chi connectivity index (χ1) is 19.0. The molecule has 0 N–H and O–H groups in total. The van der Waals surface area contributed by atoms with Crippen LogP contribution in [0.5, 0.6) is 0 Å². The standard InChI is InChI=1S/C24H24N4O10S2/c1-11(29)33-10-16-17(34-12(2)30)18(35-13(3)31)19(36-14(4)32)21(37-16)27-23(39)25-22-28(24(27)40)26-20(38-22)15-8-6-5-7-9-15/h5-9,16-19,21H,10H2,1-4H3/t16-,17-,18+,19-,21-/m1/s1. The van der Waals surface area contributed by atoms with Gasteiger partial charge in [-0.25, -0.2) is 0 Å². The van der Waals surface area contributed by atoms with E-state index in [0.717, 1.165) is 20.8 Å². The molecule has 0 saturated carbocycles. The highest BCUT2D eigenvalue weighted by molar-refractivity contribution is 7.72. The average molecular weight is 593 g/mol. The molecule has 0 spiro atoms. The van der Waals surface area contributed by atoms with Gasteiger partial charge in [-0.15, -0.1) is 5.10 Å². The van der Waals surface area contributed by atoms with E-state index < -0.39 is 61.1 Å². The zero-order chi connectivity index (χ0) is 29.1. The third-order valence-corrected chi connectivity index (χ3v) is 6.24. The molecule has 0 radical (unpaired) electrons. The van der Waals surface area contributed by atoms with E-state index in [1.165, 1.54) is 16.0 Å². The van der Waals surface area contributed by atoms with Crippen LogP contribution < -0.4 is 0 Å². The number of nitrogens with zero attached hydrogens (tertiary/aromatic N) is 4. The molecule has 5 atom stereocenters. The first kappa shape index (κ1) is 29.0. The number of carbonyl (C=O) groups excluding carboxylic acids is 4. The van der Waals surface area contributed by atoms with Crippen LogP contribution in [-0.2, 0) is 42.9 Å². The molecular formula is C24H24N4O10S2. The van der Waals surface area contributed by atoms with E-state index in [1.54, 1.807) is 24.3 Å². The van der Waals surface area contributed by atoms with Crippen molar-refractivity contribution in [2.45, 2.75) is 58.3 Å². The molecule has 0 amide bonds. The van der Waals surface area contributed by atoms with Crippen LogP contribution in [0.1, 0.15) is 33.9 Å². The zero-order valence-electron chi connectivity index (χ0n) is 21.7. The third-order valence-electron chi connectivity index (χ3n) is 5.59. The van der Waals surface area contributed by atoms with Gasteiger partial charge in [0.15, 0.2) is 24.5 Å². The Morgan fingerprint density at radius 1 is 0.875 bits per heavy atom. The molecule has 16 heteroatoms. The van der Waals surface area contributed by atoms with Crippen molar-refractivity contribution in [3.63, 3.8) is 0 Å². The maximum absolute atomic E-state index is 12.2. The highest BCUT2D eigenvalue weighted by atomic mass is 32.1. The summed E-state index contributed by atoms with van der Waals surface area (Å²) in [4.78, 5) is 52.1. The van der Waals surface area contributed by atoms with Gasteiger partial charge in [0.1, 0.15) is 12.7 Å². The van der Waals surface area contributed by atoms with Crippen LogP contribution in [0.2, 0.25) is 0 Å². The lowest BCUT2D eigenvalue weighted by Crippen LogP contribution is -2.60. The number of benzene rings is 1. The van der Waals surface area contributed by atoms with Crippen molar-refractivity contribution in [1.29, 1.82) is 0 Å². The maximum atomic E-state index is 12.2. The summed E-state index contributed by atoms with van der Waals surface area (Å²) in [5.41, 5.74) is 0.646. The average Bonchev–Trinajstić information content (AvgIpc) is 3.30. The van der Waals surface area contributed by atoms with Crippen LogP contribution in [0, 0.1) is 9.54 Å². The maximum Gasteiger partial charge on any atom is 0.330 e. The van der Waals surface area contributed by atoms with Gasteiger partial charge in [0.25, 0.3) is 0 Å². The van der Waals surface area contributed by atoms with Gasteiger partial charge in [0.2, 0.25) is 15.4 Å². The van der Waals surface area contributed by atoms with Gasteiger partial charge in [-0.1, -0.05) is 18.2 Å². The first-order valence-corrected chi connectivity index (χ1v) is 12.7. The second kappa shape index (κ2) is 12.0. The molecule has 3 aromatic rings. The fourth-order valence-corrected chi connectivity index (χ4v) is 4.76. The Labute approximate surface area is 236 Å². The smallest absolute Gasteiger partial charge is 0.330 e. The van der Waals surface area contributed by atoms with E-state index in [1.807, 2.05) is 6.07 Å². The van der Waals surface area contributed by atoms with Gasteiger partial charge in [0.05, 0.1) is 0 Å². The molecular weight excluding hydrogens is 568 g/mol. The molecule has 40 heavy (non-hydrogen) atoms. The topological polar surface area (TPSA) is 163 Å². The number of carbonyl (C=O) groups is 4. The monoisotopic (exact) mass is 592 g/mol. The Hall–Kier alpha value is -4.02. The van der Waals surface area contributed by atoms with Gasteiger partial charge in [-0.05, 0) is 36.6 Å². The number of ether oxygens (including phenoxy) is 5. The van der Waals surface area contributed by atoms with Gasteiger partial charge in [0, 0.05) is 33.3 Å². The molecule has 3 heterocycles. The summed E-state index contributed by atoms with van der Waals surface area (Å²) in [5, 5.41) is 4.39. The fourth-order valence-electron chi connectivity index (χ4n) is 4.13. The van der Waals surface area contributed by atoms with Crippen LogP contribution in [0.25, 0.3) is 17.3 Å². The molecule has 1 aliphatic rings. The largest absolute Gasteiger partial charge is 0.463 e. The van der Waals surface area contributed by atoms with Gasteiger partial charge in [-0.3, -0.25) is 23.7 Å². The van der Waals surface area contributed by atoms with Crippen LogP contribution in [-0.4, -0.2) is 74.1 Å². The van der Waals surface area contributed by atoms with Crippen LogP contribution >= 0.6 is 24.4 Å². The van der Waals surface area contributed by atoms with E-state index in [4.69, 9.17) is 52.5 Å². The second-order valence-electron chi connectivity index (χ2n) is 8.60. The molecule has 4 rings (SSSR count). The van der Waals surface area contributed by atoms with Crippen molar-refractivity contribution in [3.05, 3.63) is 39.9 Å². The lowest BCUT2D eigenvalue weighted by atomic mass is 9.97. The van der Waals surface area contributed by atoms with E-state index in [2.05, 4.69) is 10.1 Å². The molecule has 0 aliphatic carbocycles. The molecule has 1 saturated heterocycles. The number of esters is 4. The highest BCUT2D eigenvalue weighted by Crippen LogP contribution is 2.35. The minimum atomic E-state index is -1.44. The summed E-state index contributed by atoms with van der Waals surface area (Å²) in [6, 6.07) is 8.98. The second-order valence-corrected chi connectivity index (χ2v) is 9.33. The van der Waals surface area contributed by atoms with Crippen molar-refractivity contribution in [2.24, 2.45) is 0 Å².